The van der Waals surface area contributed by atoms with Gasteiger partial charge in [-0.2, -0.15) is 0 Å². The number of hydrogen-bond acceptors (Lipinski definition) is 5. The monoisotopic (exact) mass is 763 g/mol. The van der Waals surface area contributed by atoms with Crippen molar-refractivity contribution in [2.45, 2.75) is 78.6 Å². The number of aromatic nitrogens is 3. The number of imidazole rings is 1. The maximum absolute atomic E-state index is 12.0. The molecule has 7 aromatic rings. The van der Waals surface area contributed by atoms with Crippen LogP contribution in [0.25, 0.3) is 11.4 Å². The zero-order chi connectivity index (χ0) is 40.7. The summed E-state index contributed by atoms with van der Waals surface area (Å²) >= 11 is 0. The number of aryl methyl sites for hydroxylation is 2. The fraction of sp³-hybridized carbons (Fsp3) is 0.240. The standard InChI is InChI=1S/C50H50BN5O2/c1-33-17-15-18-34(2)46(33)51-55(36-19-11-10-12-20-36)40-26-25-37(30-42(40)56(51)45-29-35(27-28-52-45)48(3,4)5)58-43-24-16-23-41(47(43)57)53-31-44-50(8,9)49(6,7)38-21-13-14-22-39(38)54(44)32-53/h10-31,57H,1-9H3. The summed E-state index contributed by atoms with van der Waals surface area (Å²) in [6.45, 7) is 20.0. The summed E-state index contributed by atoms with van der Waals surface area (Å²) in [6.07, 6.45) is 7.56. The molecule has 290 valence electrons. The Balaban J connectivity index is 1.17. The molecule has 2 aliphatic heterocycles. The summed E-state index contributed by atoms with van der Waals surface area (Å²) < 4.78 is 10.7. The summed E-state index contributed by atoms with van der Waals surface area (Å²) in [4.78, 5) is 9.78. The Hall–Kier alpha value is -6.28. The Bertz CT molecular complexity index is 2690. The van der Waals surface area contributed by atoms with Crippen molar-refractivity contribution in [3.05, 3.63) is 168 Å². The molecule has 2 aliphatic rings. The van der Waals surface area contributed by atoms with Crippen LogP contribution in [-0.4, -0.2) is 21.6 Å². The van der Waals surface area contributed by atoms with E-state index in [-0.39, 0.29) is 29.0 Å². The van der Waals surface area contributed by atoms with Gasteiger partial charge in [0.1, 0.15) is 17.3 Å². The van der Waals surface area contributed by atoms with E-state index in [1.54, 1.807) is 0 Å². The van der Waals surface area contributed by atoms with Crippen LogP contribution in [0.15, 0.2) is 134 Å². The molecule has 0 saturated heterocycles. The van der Waals surface area contributed by atoms with Gasteiger partial charge in [-0.15, -0.1) is 0 Å². The Morgan fingerprint density at radius 1 is 0.724 bits per heavy atom. The summed E-state index contributed by atoms with van der Waals surface area (Å²) in [5.41, 5.74) is 11.5. The minimum Gasteiger partial charge on any atom is -0.508 e. The summed E-state index contributed by atoms with van der Waals surface area (Å²) in [6, 6.07) is 41.7. The van der Waals surface area contributed by atoms with E-state index in [1.165, 1.54) is 27.7 Å². The summed E-state index contributed by atoms with van der Waals surface area (Å²) in [7, 11) is 0. The van der Waals surface area contributed by atoms with Crippen LogP contribution < -0.4 is 24.4 Å². The van der Waals surface area contributed by atoms with Crippen molar-refractivity contribution in [3.63, 3.8) is 0 Å². The maximum Gasteiger partial charge on any atom is 0.422 e. The first-order chi connectivity index (χ1) is 27.7. The first-order valence-corrected chi connectivity index (χ1v) is 20.1. The average molecular weight is 764 g/mol. The zero-order valence-electron chi connectivity index (χ0n) is 34.9. The number of phenols is 1. The van der Waals surface area contributed by atoms with Crippen LogP contribution in [0, 0.1) is 20.2 Å². The van der Waals surface area contributed by atoms with Crippen molar-refractivity contribution >= 4 is 35.3 Å². The fourth-order valence-electron chi connectivity index (χ4n) is 8.86. The normalized spacial score (nSPS) is 15.2. The van der Waals surface area contributed by atoms with Gasteiger partial charge in [-0.25, -0.2) is 4.98 Å². The molecule has 1 N–H and O–H groups in total. The highest BCUT2D eigenvalue weighted by Crippen LogP contribution is 2.50. The molecule has 0 unspecified atom stereocenters. The molecular weight excluding hydrogens is 713 g/mol. The predicted molar refractivity (Wildman–Crippen MR) is 235 cm³/mol. The molecule has 0 radical (unpaired) electrons. The molecule has 0 amide bonds. The number of fused-ring (bicyclic) bond motifs is 4. The Labute approximate surface area is 343 Å². The third-order valence-electron chi connectivity index (χ3n) is 12.8. The quantitative estimate of drug-likeness (QED) is 0.104. The second kappa shape index (κ2) is 13.4. The van der Waals surface area contributed by atoms with Gasteiger partial charge in [-0.05, 0) is 95.9 Å². The first-order valence-electron chi connectivity index (χ1n) is 20.1. The van der Waals surface area contributed by atoms with Crippen molar-refractivity contribution < 1.29 is 14.4 Å². The van der Waals surface area contributed by atoms with Crippen LogP contribution in [0.5, 0.6) is 17.2 Å². The third kappa shape index (κ3) is 5.80. The lowest BCUT2D eigenvalue weighted by atomic mass is 9.60. The van der Waals surface area contributed by atoms with Crippen LogP contribution in [-0.2, 0) is 16.2 Å². The molecule has 58 heavy (non-hydrogen) atoms. The number of hydrogen-bond donors (Lipinski definition) is 1. The number of nitrogens with zero attached hydrogens (tertiary/aromatic N) is 5. The van der Waals surface area contributed by atoms with Crippen LogP contribution in [0.2, 0.25) is 0 Å². The van der Waals surface area contributed by atoms with Crippen molar-refractivity contribution in [2.75, 3.05) is 9.62 Å². The number of rotatable bonds is 6. The van der Waals surface area contributed by atoms with Gasteiger partial charge < -0.3 is 19.5 Å². The molecule has 2 aromatic heterocycles. The van der Waals surface area contributed by atoms with Gasteiger partial charge in [0.25, 0.3) is 6.33 Å². The van der Waals surface area contributed by atoms with Crippen molar-refractivity contribution in [2.24, 2.45) is 0 Å². The van der Waals surface area contributed by atoms with Gasteiger partial charge in [0.2, 0.25) is 0 Å². The number of pyridine rings is 1. The van der Waals surface area contributed by atoms with Crippen molar-refractivity contribution in [1.82, 2.24) is 9.55 Å². The highest BCUT2D eigenvalue weighted by Gasteiger charge is 2.48. The van der Waals surface area contributed by atoms with Gasteiger partial charge >= 0.3 is 6.98 Å². The maximum atomic E-state index is 12.0. The SMILES string of the molecule is Cc1cccc(C)c1B1N(c2ccccc2)c2ccc(Oc3cccc(-n4[c-][n+]5c(c4)C(C)(C)C(C)(C)c4ccccc4-5)c3O)cc2N1c1cc(C(C)(C)C)ccn1. The molecule has 4 heterocycles. The van der Waals surface area contributed by atoms with Crippen LogP contribution >= 0.6 is 0 Å². The van der Waals surface area contributed by atoms with E-state index in [1.807, 2.05) is 35.0 Å². The lowest BCUT2D eigenvalue weighted by Crippen LogP contribution is -2.55. The van der Waals surface area contributed by atoms with Gasteiger partial charge in [0.05, 0.1) is 22.8 Å². The van der Waals surface area contributed by atoms with Gasteiger partial charge in [-0.1, -0.05) is 120 Å². The van der Waals surface area contributed by atoms with E-state index in [9.17, 15) is 5.11 Å². The third-order valence-corrected chi connectivity index (χ3v) is 12.8. The molecule has 0 atom stereocenters. The van der Waals surface area contributed by atoms with Crippen molar-refractivity contribution in [3.8, 4) is 28.6 Å². The molecule has 9 rings (SSSR count). The molecule has 0 saturated carbocycles. The number of phenolic OH excluding ortho intramolecular Hbond substituents is 1. The lowest BCUT2D eigenvalue weighted by molar-refractivity contribution is -0.617. The highest BCUT2D eigenvalue weighted by molar-refractivity contribution is 6.85. The fourth-order valence-corrected chi connectivity index (χ4v) is 8.86. The van der Waals surface area contributed by atoms with Gasteiger partial charge in [0.15, 0.2) is 11.5 Å². The molecular formula is C50H50BN5O2. The largest absolute Gasteiger partial charge is 0.508 e. The molecule has 0 bridgehead atoms. The van der Waals surface area contributed by atoms with Crippen LogP contribution in [0.3, 0.4) is 0 Å². The minimum absolute atomic E-state index is 0.0354. The molecule has 8 heteroatoms. The number of anilines is 4. The predicted octanol–water partition coefficient (Wildman–Crippen LogP) is 10.6. The van der Waals surface area contributed by atoms with E-state index in [0.717, 1.165) is 34.3 Å². The molecule has 5 aromatic carbocycles. The average Bonchev–Trinajstić information content (AvgIpc) is 3.79. The number of benzene rings is 5. The Morgan fingerprint density at radius 3 is 2.17 bits per heavy atom. The van der Waals surface area contributed by atoms with E-state index in [0.29, 0.717) is 17.2 Å². The highest BCUT2D eigenvalue weighted by atomic mass is 16.5. The molecule has 7 nitrogen and oxygen atoms in total. The van der Waals surface area contributed by atoms with E-state index in [2.05, 4.69) is 186 Å². The topological polar surface area (TPSA) is 57.6 Å². The molecule has 0 aliphatic carbocycles. The number of ether oxygens (including phenoxy) is 1. The van der Waals surface area contributed by atoms with E-state index < -0.39 is 0 Å². The Morgan fingerprint density at radius 2 is 1.43 bits per heavy atom. The molecule has 0 spiro atoms. The van der Waals surface area contributed by atoms with E-state index in [4.69, 9.17) is 9.72 Å². The lowest BCUT2D eigenvalue weighted by Gasteiger charge is -2.47. The summed E-state index contributed by atoms with van der Waals surface area (Å²) in [5.74, 6) is 1.83. The number of para-hydroxylation sites is 3. The van der Waals surface area contributed by atoms with Gasteiger partial charge in [-0.3, -0.25) is 9.13 Å². The second-order valence-corrected chi connectivity index (χ2v) is 17.9. The van der Waals surface area contributed by atoms with Crippen LogP contribution in [0.4, 0.5) is 22.9 Å². The second-order valence-electron chi connectivity index (χ2n) is 17.9. The summed E-state index contributed by atoms with van der Waals surface area (Å²) in [5, 5.41) is 12.0. The molecule has 0 fully saturated rings. The Kier molecular flexibility index (Phi) is 8.62. The van der Waals surface area contributed by atoms with Gasteiger partial charge in [0, 0.05) is 29.6 Å². The van der Waals surface area contributed by atoms with Crippen LogP contribution in [0.1, 0.15) is 76.4 Å². The van der Waals surface area contributed by atoms with E-state index >= 15 is 0 Å². The first kappa shape index (κ1) is 37.3. The minimum atomic E-state index is -0.236. The van der Waals surface area contributed by atoms with Crippen molar-refractivity contribution in [1.29, 1.82) is 0 Å². The smallest absolute Gasteiger partial charge is 0.422 e. The number of aromatic hydroxyl groups is 1. The zero-order valence-corrected chi connectivity index (χ0v) is 34.9.